The molecule has 1 atom stereocenters. The van der Waals surface area contributed by atoms with Crippen molar-refractivity contribution in [3.8, 4) is 0 Å². The molecule has 0 aliphatic carbocycles. The molecule has 1 aliphatic heterocycles. The number of aliphatic hydroxyl groups is 2. The summed E-state index contributed by atoms with van der Waals surface area (Å²) in [5, 5.41) is 21.6. The van der Waals surface area contributed by atoms with Gasteiger partial charge in [-0.2, -0.15) is 0 Å². The van der Waals surface area contributed by atoms with Crippen LogP contribution in [0.25, 0.3) is 0 Å². The van der Waals surface area contributed by atoms with Crippen molar-refractivity contribution < 1.29 is 15.0 Å². The predicted octanol–water partition coefficient (Wildman–Crippen LogP) is 1.92. The molecule has 5 nitrogen and oxygen atoms in total. The van der Waals surface area contributed by atoms with E-state index in [1.54, 1.807) is 12.1 Å². The number of hydrogen-bond donors (Lipinski definition) is 3. The van der Waals surface area contributed by atoms with Crippen LogP contribution in [0.15, 0.2) is 12.1 Å². The van der Waals surface area contributed by atoms with Crippen molar-refractivity contribution in [2.45, 2.75) is 25.4 Å². The minimum Gasteiger partial charge on any atom is -0.396 e. The number of carbonyl (C=O) groups is 1. The van der Waals surface area contributed by atoms with E-state index in [0.717, 1.165) is 31.5 Å². The summed E-state index contributed by atoms with van der Waals surface area (Å²) in [5.41, 5.74) is 1.96. The lowest BCUT2D eigenvalue weighted by Gasteiger charge is -2.21. The van der Waals surface area contributed by atoms with Crippen LogP contribution in [0, 0.1) is 0 Å². The van der Waals surface area contributed by atoms with Gasteiger partial charge < -0.3 is 20.4 Å². The van der Waals surface area contributed by atoms with Gasteiger partial charge in [-0.05, 0) is 31.4 Å². The minimum atomic E-state index is -1.13. The first kappa shape index (κ1) is 15.1. The van der Waals surface area contributed by atoms with Gasteiger partial charge >= 0.3 is 0 Å². The largest absolute Gasteiger partial charge is 0.396 e. The van der Waals surface area contributed by atoms with Gasteiger partial charge in [0.25, 0.3) is 5.91 Å². The zero-order valence-corrected chi connectivity index (χ0v) is 12.2. The fourth-order valence-corrected chi connectivity index (χ4v) is 2.62. The van der Waals surface area contributed by atoms with Crippen LogP contribution in [0.2, 0.25) is 5.02 Å². The molecule has 1 aromatic rings. The Morgan fingerprint density at radius 2 is 2.10 bits per heavy atom. The molecule has 0 saturated heterocycles. The van der Waals surface area contributed by atoms with E-state index in [-0.39, 0.29) is 6.61 Å². The van der Waals surface area contributed by atoms with Gasteiger partial charge in [-0.25, -0.2) is 0 Å². The number of nitrogens with one attached hydrogen (secondary N) is 1. The second kappa shape index (κ2) is 6.43. The summed E-state index contributed by atoms with van der Waals surface area (Å²) in [4.78, 5) is 13.4. The number of amides is 1. The Morgan fingerprint density at radius 1 is 1.35 bits per heavy atom. The fourth-order valence-electron chi connectivity index (χ4n) is 2.30. The average molecular weight is 299 g/mol. The highest BCUT2D eigenvalue weighted by atomic mass is 35.5. The molecule has 20 heavy (non-hydrogen) atoms. The van der Waals surface area contributed by atoms with Gasteiger partial charge in [0, 0.05) is 31.5 Å². The maximum atomic E-state index is 11.4. The van der Waals surface area contributed by atoms with E-state index in [2.05, 4.69) is 5.32 Å². The highest BCUT2D eigenvalue weighted by Gasteiger charge is 2.29. The first-order valence-electron chi connectivity index (χ1n) is 6.69. The van der Waals surface area contributed by atoms with Crippen LogP contribution in [0.5, 0.6) is 0 Å². The number of carbonyl (C=O) groups excluding carboxylic acids is 1. The summed E-state index contributed by atoms with van der Waals surface area (Å²) in [6.45, 7) is 1.03. The van der Waals surface area contributed by atoms with E-state index < -0.39 is 12.0 Å². The third kappa shape index (κ3) is 3.06. The zero-order chi connectivity index (χ0) is 14.7. The number of nitrogens with zero attached hydrogens (tertiary/aromatic N) is 1. The maximum absolute atomic E-state index is 11.4. The molecule has 0 spiro atoms. The Hall–Kier alpha value is -1.30. The van der Waals surface area contributed by atoms with Crippen LogP contribution in [0.1, 0.15) is 30.9 Å². The van der Waals surface area contributed by atoms with Crippen molar-refractivity contribution >= 4 is 28.9 Å². The van der Waals surface area contributed by atoms with E-state index in [9.17, 15) is 9.90 Å². The molecule has 1 heterocycles. The Labute approximate surface area is 123 Å². The van der Waals surface area contributed by atoms with E-state index >= 15 is 0 Å². The van der Waals surface area contributed by atoms with Crippen molar-refractivity contribution in [2.24, 2.45) is 0 Å². The number of fused-ring (bicyclic) bond motifs is 1. The molecule has 0 aromatic heterocycles. The second-order valence-electron chi connectivity index (χ2n) is 4.99. The molecular weight excluding hydrogens is 280 g/mol. The highest BCUT2D eigenvalue weighted by molar-refractivity contribution is 6.33. The molecular formula is C14H19ClN2O3. The van der Waals surface area contributed by atoms with Crippen molar-refractivity contribution in [2.75, 3.05) is 30.4 Å². The summed E-state index contributed by atoms with van der Waals surface area (Å²) < 4.78 is 0. The molecule has 2 rings (SSSR count). The molecule has 0 bridgehead atoms. The molecule has 110 valence electrons. The number of benzene rings is 1. The standard InChI is InChI=1S/C14H19ClN2O3/c1-17(5-3-2-4-6-18)12-8-11-9(7-10(12)15)13(19)14(20)16-11/h7-8,13,18-19H,2-6H2,1H3,(H,16,20). The minimum absolute atomic E-state index is 0.216. The Bertz CT molecular complexity index is 507. The number of anilines is 2. The molecule has 0 saturated carbocycles. The van der Waals surface area contributed by atoms with Crippen molar-refractivity contribution in [1.29, 1.82) is 0 Å². The van der Waals surface area contributed by atoms with Crippen LogP contribution >= 0.6 is 11.6 Å². The number of rotatable bonds is 6. The van der Waals surface area contributed by atoms with Gasteiger partial charge in [0.15, 0.2) is 6.10 Å². The van der Waals surface area contributed by atoms with Gasteiger partial charge in [-0.15, -0.1) is 0 Å². The summed E-state index contributed by atoms with van der Waals surface area (Å²) in [6.07, 6.45) is 1.58. The third-order valence-corrected chi connectivity index (χ3v) is 3.79. The van der Waals surface area contributed by atoms with Crippen LogP contribution < -0.4 is 10.2 Å². The molecule has 0 fully saturated rings. The summed E-state index contributed by atoms with van der Waals surface area (Å²) in [6, 6.07) is 3.43. The third-order valence-electron chi connectivity index (χ3n) is 3.48. The molecule has 1 aromatic carbocycles. The van der Waals surface area contributed by atoms with Gasteiger partial charge in [0.05, 0.1) is 10.7 Å². The van der Waals surface area contributed by atoms with E-state index in [1.165, 1.54) is 0 Å². The summed E-state index contributed by atoms with van der Waals surface area (Å²) in [5.74, 6) is -0.418. The van der Waals surface area contributed by atoms with Crippen LogP contribution in [-0.4, -0.2) is 36.3 Å². The lowest BCUT2D eigenvalue weighted by atomic mass is 10.1. The lowest BCUT2D eigenvalue weighted by molar-refractivity contribution is -0.123. The first-order chi connectivity index (χ1) is 9.54. The van der Waals surface area contributed by atoms with E-state index in [4.69, 9.17) is 16.7 Å². The predicted molar refractivity (Wildman–Crippen MR) is 79.2 cm³/mol. The highest BCUT2D eigenvalue weighted by Crippen LogP contribution is 2.38. The summed E-state index contributed by atoms with van der Waals surface area (Å²) in [7, 11) is 1.93. The van der Waals surface area contributed by atoms with E-state index in [0.29, 0.717) is 16.3 Å². The molecule has 1 amide bonds. The van der Waals surface area contributed by atoms with Crippen molar-refractivity contribution in [1.82, 2.24) is 0 Å². The monoisotopic (exact) mass is 298 g/mol. The number of aliphatic hydroxyl groups excluding tert-OH is 2. The quantitative estimate of drug-likeness (QED) is 0.702. The van der Waals surface area contributed by atoms with Gasteiger partial charge in [-0.3, -0.25) is 4.79 Å². The van der Waals surface area contributed by atoms with Crippen LogP contribution in [-0.2, 0) is 4.79 Å². The van der Waals surface area contributed by atoms with Crippen molar-refractivity contribution in [3.05, 3.63) is 22.7 Å². The smallest absolute Gasteiger partial charge is 0.257 e. The SMILES string of the molecule is CN(CCCCCO)c1cc2c(cc1Cl)C(O)C(=O)N2. The molecule has 1 unspecified atom stereocenters. The maximum Gasteiger partial charge on any atom is 0.257 e. The fraction of sp³-hybridized carbons (Fsp3) is 0.500. The van der Waals surface area contributed by atoms with Crippen LogP contribution in [0.4, 0.5) is 11.4 Å². The summed E-state index contributed by atoms with van der Waals surface area (Å²) >= 11 is 6.22. The zero-order valence-electron chi connectivity index (χ0n) is 11.4. The average Bonchev–Trinajstić information content (AvgIpc) is 2.69. The number of halogens is 1. The van der Waals surface area contributed by atoms with Gasteiger partial charge in [0.2, 0.25) is 0 Å². The first-order valence-corrected chi connectivity index (χ1v) is 7.06. The van der Waals surface area contributed by atoms with Crippen molar-refractivity contribution in [3.63, 3.8) is 0 Å². The number of unbranched alkanes of at least 4 members (excludes halogenated alkanes) is 2. The van der Waals surface area contributed by atoms with Crippen LogP contribution in [0.3, 0.4) is 0 Å². The molecule has 1 aliphatic rings. The molecule has 0 radical (unpaired) electrons. The molecule has 3 N–H and O–H groups in total. The molecule has 6 heteroatoms. The Balaban J connectivity index is 2.09. The van der Waals surface area contributed by atoms with Gasteiger partial charge in [-0.1, -0.05) is 11.6 Å². The topological polar surface area (TPSA) is 72.8 Å². The normalized spacial score (nSPS) is 17.0. The Morgan fingerprint density at radius 3 is 2.80 bits per heavy atom. The lowest BCUT2D eigenvalue weighted by Crippen LogP contribution is -2.19. The van der Waals surface area contributed by atoms with Gasteiger partial charge in [0.1, 0.15) is 0 Å². The van der Waals surface area contributed by atoms with E-state index in [1.807, 2.05) is 11.9 Å². The second-order valence-corrected chi connectivity index (χ2v) is 5.40. The number of hydrogen-bond acceptors (Lipinski definition) is 4. The Kier molecular flexibility index (Phi) is 4.86.